The zero-order chi connectivity index (χ0) is 14.1. The fourth-order valence-electron chi connectivity index (χ4n) is 2.74. The largest absolute Gasteiger partial charge is 0.495 e. The van der Waals surface area contributed by atoms with Gasteiger partial charge in [-0.1, -0.05) is 23.7 Å². The Balaban J connectivity index is 1.91. The summed E-state index contributed by atoms with van der Waals surface area (Å²) in [5.41, 5.74) is 2.67. The van der Waals surface area contributed by atoms with E-state index in [2.05, 4.69) is 5.32 Å². The van der Waals surface area contributed by atoms with Gasteiger partial charge >= 0.3 is 0 Å². The second-order valence-corrected chi connectivity index (χ2v) is 5.32. The minimum absolute atomic E-state index is 0.0908. The van der Waals surface area contributed by atoms with Crippen LogP contribution < -0.4 is 10.1 Å². The van der Waals surface area contributed by atoms with E-state index in [1.54, 1.807) is 19.2 Å². The zero-order valence-corrected chi connectivity index (χ0v) is 11.9. The van der Waals surface area contributed by atoms with Gasteiger partial charge in [-0.15, -0.1) is 0 Å². The highest BCUT2D eigenvalue weighted by Crippen LogP contribution is 2.38. The molecule has 3 rings (SSSR count). The number of rotatable bonds is 3. The molecule has 2 nitrogen and oxygen atoms in total. The van der Waals surface area contributed by atoms with E-state index in [4.69, 9.17) is 16.3 Å². The van der Waals surface area contributed by atoms with Crippen LogP contribution in [0.4, 0.5) is 10.1 Å². The molecule has 0 fully saturated rings. The Morgan fingerprint density at radius 1 is 1.30 bits per heavy atom. The monoisotopic (exact) mass is 291 g/mol. The topological polar surface area (TPSA) is 21.3 Å². The molecule has 1 N–H and O–H groups in total. The lowest BCUT2D eigenvalue weighted by atomic mass is 10.1. The van der Waals surface area contributed by atoms with Crippen molar-refractivity contribution in [1.29, 1.82) is 0 Å². The Hall–Kier alpha value is -1.74. The maximum atomic E-state index is 13.7. The quantitative estimate of drug-likeness (QED) is 0.893. The molecule has 0 heterocycles. The average Bonchev–Trinajstić information content (AvgIpc) is 2.84. The number of hydrogen-bond acceptors (Lipinski definition) is 2. The van der Waals surface area contributed by atoms with Crippen LogP contribution in [0, 0.1) is 5.82 Å². The normalized spacial score (nSPS) is 16.9. The summed E-state index contributed by atoms with van der Waals surface area (Å²) in [6.07, 6.45) is 1.62. The van der Waals surface area contributed by atoms with Gasteiger partial charge < -0.3 is 10.1 Å². The van der Waals surface area contributed by atoms with Crippen LogP contribution in [-0.4, -0.2) is 7.11 Å². The van der Waals surface area contributed by atoms with Crippen LogP contribution in [0.3, 0.4) is 0 Å². The van der Waals surface area contributed by atoms with Gasteiger partial charge in [-0.2, -0.15) is 0 Å². The number of ether oxygens (including phenoxy) is 1. The van der Waals surface area contributed by atoms with Gasteiger partial charge in [0.15, 0.2) is 0 Å². The third-order valence-corrected chi connectivity index (χ3v) is 3.94. The van der Waals surface area contributed by atoms with Gasteiger partial charge in [-0.3, -0.25) is 0 Å². The highest BCUT2D eigenvalue weighted by molar-refractivity contribution is 6.30. The molecule has 4 heteroatoms. The van der Waals surface area contributed by atoms with Crippen LogP contribution in [0.2, 0.25) is 5.02 Å². The fraction of sp³-hybridized carbons (Fsp3) is 0.250. The molecule has 0 saturated heterocycles. The molecule has 0 radical (unpaired) electrons. The molecule has 2 aromatic rings. The highest BCUT2D eigenvalue weighted by atomic mass is 35.5. The molecule has 104 valence electrons. The number of anilines is 1. The molecule has 1 atom stereocenters. The van der Waals surface area contributed by atoms with Crippen molar-refractivity contribution < 1.29 is 9.13 Å². The van der Waals surface area contributed by atoms with Crippen molar-refractivity contribution in [2.75, 3.05) is 12.4 Å². The second kappa shape index (κ2) is 5.33. The van der Waals surface area contributed by atoms with Crippen LogP contribution in [0.15, 0.2) is 36.4 Å². The molecule has 20 heavy (non-hydrogen) atoms. The van der Waals surface area contributed by atoms with Crippen LogP contribution >= 0.6 is 11.6 Å². The first-order chi connectivity index (χ1) is 9.69. The van der Waals surface area contributed by atoms with E-state index >= 15 is 0 Å². The van der Waals surface area contributed by atoms with E-state index in [0.29, 0.717) is 5.02 Å². The maximum Gasteiger partial charge on any atom is 0.142 e. The smallest absolute Gasteiger partial charge is 0.142 e. The van der Waals surface area contributed by atoms with Crippen LogP contribution in [-0.2, 0) is 6.42 Å². The molecule has 0 aromatic heterocycles. The number of benzene rings is 2. The summed E-state index contributed by atoms with van der Waals surface area (Å²) in [5, 5.41) is 4.05. The Bertz CT molecular complexity index is 644. The van der Waals surface area contributed by atoms with Crippen molar-refractivity contribution in [1.82, 2.24) is 0 Å². The molecule has 0 aliphatic heterocycles. The van der Waals surface area contributed by atoms with Gasteiger partial charge in [0.2, 0.25) is 0 Å². The lowest BCUT2D eigenvalue weighted by Gasteiger charge is -2.18. The molecule has 1 aliphatic rings. The number of hydrogen-bond donors (Lipinski definition) is 1. The van der Waals surface area contributed by atoms with E-state index < -0.39 is 0 Å². The van der Waals surface area contributed by atoms with E-state index in [1.165, 1.54) is 6.07 Å². The number of halogens is 2. The highest BCUT2D eigenvalue weighted by Gasteiger charge is 2.25. The lowest BCUT2D eigenvalue weighted by Crippen LogP contribution is -2.08. The molecule has 1 aliphatic carbocycles. The molecular formula is C16H15ClFNO. The Kier molecular flexibility index (Phi) is 3.53. The van der Waals surface area contributed by atoms with Crippen molar-refractivity contribution >= 4 is 17.3 Å². The molecule has 0 amide bonds. The third-order valence-electron chi connectivity index (χ3n) is 3.70. The first kappa shape index (κ1) is 13.3. The first-order valence-corrected chi connectivity index (χ1v) is 6.94. The minimum atomic E-state index is -0.121. The van der Waals surface area contributed by atoms with Gasteiger partial charge in [0.25, 0.3) is 0 Å². The average molecular weight is 292 g/mol. The summed E-state index contributed by atoms with van der Waals surface area (Å²) >= 11 is 6.03. The molecule has 2 aromatic carbocycles. The zero-order valence-electron chi connectivity index (χ0n) is 11.1. The van der Waals surface area contributed by atoms with Crippen LogP contribution in [0.25, 0.3) is 0 Å². The summed E-state index contributed by atoms with van der Waals surface area (Å²) in [7, 11) is 1.62. The second-order valence-electron chi connectivity index (χ2n) is 4.89. The summed E-state index contributed by atoms with van der Waals surface area (Å²) in [4.78, 5) is 0. The van der Waals surface area contributed by atoms with Gasteiger partial charge in [0, 0.05) is 5.02 Å². The summed E-state index contributed by atoms with van der Waals surface area (Å²) in [5.74, 6) is 0.615. The van der Waals surface area contributed by atoms with Crippen molar-refractivity contribution in [3.8, 4) is 5.75 Å². The standard InChI is InChI=1S/C16H15ClFNO/c1-20-16-8-5-10(17)9-15(16)19-14-7-6-11-12(14)3-2-4-13(11)18/h2-5,8-9,14,19H,6-7H2,1H3. The summed E-state index contributed by atoms with van der Waals surface area (Å²) in [6.45, 7) is 0. The predicted octanol–water partition coefficient (Wildman–Crippen LogP) is 4.59. The molecule has 0 spiro atoms. The van der Waals surface area contributed by atoms with E-state index in [1.807, 2.05) is 18.2 Å². The van der Waals surface area contributed by atoms with Crippen LogP contribution in [0.5, 0.6) is 5.75 Å². The fourth-order valence-corrected chi connectivity index (χ4v) is 2.91. The van der Waals surface area contributed by atoms with Crippen molar-refractivity contribution in [2.24, 2.45) is 0 Å². The summed E-state index contributed by atoms with van der Waals surface area (Å²) in [6, 6.07) is 10.8. The third kappa shape index (κ3) is 2.34. The molecule has 0 saturated carbocycles. The van der Waals surface area contributed by atoms with E-state index in [9.17, 15) is 4.39 Å². The van der Waals surface area contributed by atoms with Crippen molar-refractivity contribution in [3.05, 3.63) is 58.4 Å². The van der Waals surface area contributed by atoms with Crippen LogP contribution in [0.1, 0.15) is 23.6 Å². The van der Waals surface area contributed by atoms with Crippen molar-refractivity contribution in [3.63, 3.8) is 0 Å². The SMILES string of the molecule is COc1ccc(Cl)cc1NC1CCc2c(F)cccc21. The van der Waals surface area contributed by atoms with E-state index in [-0.39, 0.29) is 11.9 Å². The number of fused-ring (bicyclic) bond motifs is 1. The summed E-state index contributed by atoms with van der Waals surface area (Å²) < 4.78 is 19.1. The van der Waals surface area contributed by atoms with Gasteiger partial charge in [0.1, 0.15) is 11.6 Å². The van der Waals surface area contributed by atoms with Crippen molar-refractivity contribution in [2.45, 2.75) is 18.9 Å². The molecule has 0 bridgehead atoms. The number of methoxy groups -OCH3 is 1. The van der Waals surface area contributed by atoms with Gasteiger partial charge in [-0.05, 0) is 48.2 Å². The maximum absolute atomic E-state index is 13.7. The minimum Gasteiger partial charge on any atom is -0.495 e. The first-order valence-electron chi connectivity index (χ1n) is 6.56. The van der Waals surface area contributed by atoms with Gasteiger partial charge in [0.05, 0.1) is 18.8 Å². The lowest BCUT2D eigenvalue weighted by molar-refractivity contribution is 0.416. The number of nitrogens with one attached hydrogen (secondary N) is 1. The Morgan fingerprint density at radius 2 is 2.15 bits per heavy atom. The van der Waals surface area contributed by atoms with Gasteiger partial charge in [-0.25, -0.2) is 4.39 Å². The predicted molar refractivity (Wildman–Crippen MR) is 79.1 cm³/mol. The molecule has 1 unspecified atom stereocenters. The molecular weight excluding hydrogens is 277 g/mol. The Morgan fingerprint density at radius 3 is 2.95 bits per heavy atom. The van der Waals surface area contributed by atoms with E-state index in [0.717, 1.165) is 35.4 Å². The Labute approximate surface area is 122 Å².